The van der Waals surface area contributed by atoms with Gasteiger partial charge in [0, 0.05) is 48.1 Å². The molecule has 0 spiro atoms. The zero-order chi connectivity index (χ0) is 14.1. The molecule has 1 atom stereocenters. The first-order valence-electron chi connectivity index (χ1n) is 6.99. The fraction of sp³-hybridized carbons (Fsp3) is 0.375. The average Bonchev–Trinajstić information content (AvgIpc) is 2.87. The lowest BCUT2D eigenvalue weighted by Crippen LogP contribution is -2.42. The van der Waals surface area contributed by atoms with Crippen LogP contribution in [0.25, 0.3) is 10.9 Å². The van der Waals surface area contributed by atoms with Crippen LogP contribution in [0.2, 0.25) is 0 Å². The van der Waals surface area contributed by atoms with Crippen molar-refractivity contribution in [1.29, 1.82) is 0 Å². The number of nitrogens with one attached hydrogen (secondary N) is 1. The van der Waals surface area contributed by atoms with Crippen LogP contribution in [-0.2, 0) is 4.79 Å². The van der Waals surface area contributed by atoms with E-state index in [9.17, 15) is 9.59 Å². The van der Waals surface area contributed by atoms with E-state index < -0.39 is 0 Å². The summed E-state index contributed by atoms with van der Waals surface area (Å²) in [4.78, 5) is 29.2. The van der Waals surface area contributed by atoms with Gasteiger partial charge in [-0.2, -0.15) is 0 Å². The molecule has 1 aromatic heterocycles. The maximum Gasteiger partial charge on any atom is 0.178 e. The molecule has 0 saturated carbocycles. The first-order valence-corrected chi connectivity index (χ1v) is 6.99. The van der Waals surface area contributed by atoms with E-state index in [1.54, 1.807) is 6.20 Å². The molecule has 2 aromatic rings. The summed E-state index contributed by atoms with van der Waals surface area (Å²) in [5, 5.41) is 0.971. The molecule has 1 aliphatic rings. The largest absolute Gasteiger partial charge is 0.360 e. The third-order valence-corrected chi connectivity index (χ3v) is 4.01. The molecule has 1 fully saturated rings. The molecule has 4 heteroatoms. The van der Waals surface area contributed by atoms with Gasteiger partial charge in [-0.1, -0.05) is 25.1 Å². The first kappa shape index (κ1) is 13.1. The first-order chi connectivity index (χ1) is 9.65. The van der Waals surface area contributed by atoms with Crippen molar-refractivity contribution in [3.05, 3.63) is 36.0 Å². The molecule has 1 aliphatic heterocycles. The lowest BCUT2D eigenvalue weighted by molar-refractivity contribution is -0.125. The smallest absolute Gasteiger partial charge is 0.178 e. The SMILES string of the molecule is CC1CN(CC(=O)c2c[nH]c3ccccc23)CCC1=O. The standard InChI is InChI=1S/C16H18N2O2/c1-11-9-18(7-6-15(11)19)10-16(20)13-8-17-14-5-3-2-4-12(13)14/h2-5,8,11,17H,6-7,9-10H2,1H3. The van der Waals surface area contributed by atoms with Gasteiger partial charge in [-0.25, -0.2) is 0 Å². The molecule has 0 radical (unpaired) electrons. The number of carbonyl (C=O) groups is 2. The highest BCUT2D eigenvalue weighted by Gasteiger charge is 2.25. The van der Waals surface area contributed by atoms with Crippen molar-refractivity contribution in [1.82, 2.24) is 9.88 Å². The molecule has 4 nitrogen and oxygen atoms in total. The van der Waals surface area contributed by atoms with E-state index in [-0.39, 0.29) is 11.7 Å². The molecule has 20 heavy (non-hydrogen) atoms. The number of likely N-dealkylation sites (tertiary alicyclic amines) is 1. The van der Waals surface area contributed by atoms with E-state index in [0.29, 0.717) is 31.8 Å². The molecule has 3 rings (SSSR count). The van der Waals surface area contributed by atoms with Crippen LogP contribution >= 0.6 is 0 Å². The highest BCUT2D eigenvalue weighted by Crippen LogP contribution is 2.19. The van der Waals surface area contributed by atoms with Gasteiger partial charge < -0.3 is 4.98 Å². The Morgan fingerprint density at radius 2 is 2.20 bits per heavy atom. The van der Waals surface area contributed by atoms with E-state index in [1.165, 1.54) is 0 Å². The van der Waals surface area contributed by atoms with Crippen LogP contribution < -0.4 is 0 Å². The van der Waals surface area contributed by atoms with E-state index in [2.05, 4.69) is 9.88 Å². The number of nitrogens with zero attached hydrogens (tertiary/aromatic N) is 1. The number of aromatic nitrogens is 1. The lowest BCUT2D eigenvalue weighted by atomic mass is 9.98. The highest BCUT2D eigenvalue weighted by molar-refractivity contribution is 6.08. The summed E-state index contributed by atoms with van der Waals surface area (Å²) in [6, 6.07) is 7.81. The highest BCUT2D eigenvalue weighted by atomic mass is 16.1. The van der Waals surface area contributed by atoms with Crippen LogP contribution in [0.15, 0.2) is 30.5 Å². The van der Waals surface area contributed by atoms with Gasteiger partial charge in [-0.15, -0.1) is 0 Å². The number of hydrogen-bond donors (Lipinski definition) is 1. The Bertz CT molecular complexity index is 659. The van der Waals surface area contributed by atoms with Gasteiger partial charge >= 0.3 is 0 Å². The number of fused-ring (bicyclic) bond motifs is 1. The van der Waals surface area contributed by atoms with Crippen LogP contribution in [0.1, 0.15) is 23.7 Å². The van der Waals surface area contributed by atoms with Crippen molar-refractivity contribution in [2.24, 2.45) is 5.92 Å². The number of ketones is 2. The van der Waals surface area contributed by atoms with Gasteiger partial charge in [0.25, 0.3) is 0 Å². The Labute approximate surface area is 117 Å². The van der Waals surface area contributed by atoms with E-state index in [0.717, 1.165) is 16.5 Å². The van der Waals surface area contributed by atoms with Crippen molar-refractivity contribution < 1.29 is 9.59 Å². The quantitative estimate of drug-likeness (QED) is 0.870. The third-order valence-electron chi connectivity index (χ3n) is 4.01. The maximum atomic E-state index is 12.4. The summed E-state index contributed by atoms with van der Waals surface area (Å²) in [6.07, 6.45) is 2.34. The Morgan fingerprint density at radius 1 is 1.40 bits per heavy atom. The molecule has 1 aromatic carbocycles. The minimum absolute atomic E-state index is 0.0412. The molecule has 1 saturated heterocycles. The Morgan fingerprint density at radius 3 is 3.00 bits per heavy atom. The average molecular weight is 270 g/mol. The normalized spacial score (nSPS) is 20.4. The van der Waals surface area contributed by atoms with Crippen molar-refractivity contribution in [2.45, 2.75) is 13.3 Å². The second-order valence-electron chi connectivity index (χ2n) is 5.52. The molecule has 0 bridgehead atoms. The molecule has 0 amide bonds. The summed E-state index contributed by atoms with van der Waals surface area (Å²) >= 11 is 0. The zero-order valence-electron chi connectivity index (χ0n) is 11.6. The molecule has 1 unspecified atom stereocenters. The van der Waals surface area contributed by atoms with Gasteiger partial charge in [0.1, 0.15) is 5.78 Å². The fourth-order valence-electron chi connectivity index (χ4n) is 2.83. The molecule has 1 N–H and O–H groups in total. The van der Waals surface area contributed by atoms with Crippen LogP contribution in [-0.4, -0.2) is 41.1 Å². The molecular formula is C16H18N2O2. The van der Waals surface area contributed by atoms with Gasteiger partial charge in [0.05, 0.1) is 6.54 Å². The number of carbonyl (C=O) groups excluding carboxylic acids is 2. The number of aromatic amines is 1. The Balaban J connectivity index is 1.75. The minimum Gasteiger partial charge on any atom is -0.360 e. The summed E-state index contributed by atoms with van der Waals surface area (Å²) in [5.74, 6) is 0.462. The number of Topliss-reactive ketones (excluding diaryl/α,β-unsaturated/α-hetero) is 2. The van der Waals surface area contributed by atoms with E-state index in [4.69, 9.17) is 0 Å². The monoisotopic (exact) mass is 270 g/mol. The number of para-hydroxylation sites is 1. The molecule has 104 valence electrons. The summed E-state index contributed by atoms with van der Waals surface area (Å²) < 4.78 is 0. The Hall–Kier alpha value is -1.94. The van der Waals surface area contributed by atoms with Gasteiger partial charge in [-0.05, 0) is 6.07 Å². The third kappa shape index (κ3) is 2.39. The van der Waals surface area contributed by atoms with Crippen LogP contribution in [0.3, 0.4) is 0 Å². The second kappa shape index (κ2) is 5.21. The number of H-pyrrole nitrogens is 1. The number of rotatable bonds is 3. The zero-order valence-corrected chi connectivity index (χ0v) is 11.6. The van der Waals surface area contributed by atoms with Crippen LogP contribution in [0, 0.1) is 5.92 Å². The maximum absolute atomic E-state index is 12.4. The number of benzene rings is 1. The predicted molar refractivity (Wildman–Crippen MR) is 77.9 cm³/mol. The topological polar surface area (TPSA) is 53.2 Å². The van der Waals surface area contributed by atoms with Gasteiger partial charge in [0.15, 0.2) is 5.78 Å². The van der Waals surface area contributed by atoms with Gasteiger partial charge in [0.2, 0.25) is 0 Å². The molecule has 0 aliphatic carbocycles. The van der Waals surface area contributed by atoms with E-state index >= 15 is 0 Å². The van der Waals surface area contributed by atoms with Crippen LogP contribution in [0.5, 0.6) is 0 Å². The van der Waals surface area contributed by atoms with Crippen molar-refractivity contribution in [3.63, 3.8) is 0 Å². The number of piperidine rings is 1. The number of hydrogen-bond acceptors (Lipinski definition) is 3. The Kier molecular flexibility index (Phi) is 3.40. The second-order valence-corrected chi connectivity index (χ2v) is 5.52. The molecular weight excluding hydrogens is 252 g/mol. The minimum atomic E-state index is 0.0412. The fourth-order valence-corrected chi connectivity index (χ4v) is 2.83. The van der Waals surface area contributed by atoms with E-state index in [1.807, 2.05) is 31.2 Å². The summed E-state index contributed by atoms with van der Waals surface area (Å²) in [6.45, 7) is 3.70. The predicted octanol–water partition coefficient (Wildman–Crippen LogP) is 2.26. The van der Waals surface area contributed by atoms with Crippen molar-refractivity contribution in [3.8, 4) is 0 Å². The summed E-state index contributed by atoms with van der Waals surface area (Å²) in [5.41, 5.74) is 1.73. The van der Waals surface area contributed by atoms with Gasteiger partial charge in [-0.3, -0.25) is 14.5 Å². The lowest BCUT2D eigenvalue weighted by Gasteiger charge is -2.29. The summed E-state index contributed by atoms with van der Waals surface area (Å²) in [7, 11) is 0. The van der Waals surface area contributed by atoms with Crippen molar-refractivity contribution in [2.75, 3.05) is 19.6 Å². The van der Waals surface area contributed by atoms with Crippen molar-refractivity contribution >= 4 is 22.5 Å². The van der Waals surface area contributed by atoms with Crippen LogP contribution in [0.4, 0.5) is 0 Å². The molecule has 2 heterocycles.